The first-order valence-electron chi connectivity index (χ1n) is 5.77. The zero-order valence-electron chi connectivity index (χ0n) is 10.6. The van der Waals surface area contributed by atoms with Crippen LogP contribution in [-0.2, 0) is 0 Å². The molecule has 2 aromatic rings. The van der Waals surface area contributed by atoms with Gasteiger partial charge in [0.2, 0.25) is 0 Å². The largest absolute Gasteiger partial charge is 0.489 e. The van der Waals surface area contributed by atoms with Crippen molar-refractivity contribution in [3.63, 3.8) is 0 Å². The minimum Gasteiger partial charge on any atom is -0.489 e. The monoisotopic (exact) mass is 264 g/mol. The molecule has 0 aliphatic heterocycles. The number of ether oxygens (including phenoxy) is 1. The highest BCUT2D eigenvalue weighted by molar-refractivity contribution is 7.05. The normalized spacial score (nSPS) is 12.7. The minimum atomic E-state index is 0.0493. The second-order valence-corrected chi connectivity index (χ2v) is 4.98. The molecule has 0 spiro atoms. The molecule has 0 saturated carbocycles. The Balaban J connectivity index is 2.26. The molecule has 18 heavy (non-hydrogen) atoms. The lowest BCUT2D eigenvalue weighted by Crippen LogP contribution is -2.17. The minimum absolute atomic E-state index is 0.0493. The van der Waals surface area contributed by atoms with E-state index in [0.29, 0.717) is 0 Å². The van der Waals surface area contributed by atoms with Crippen LogP contribution in [0.25, 0.3) is 0 Å². The van der Waals surface area contributed by atoms with Crippen molar-refractivity contribution < 1.29 is 4.74 Å². The van der Waals surface area contributed by atoms with Crippen molar-refractivity contribution >= 4 is 11.5 Å². The number of rotatable bonds is 5. The van der Waals surface area contributed by atoms with Gasteiger partial charge in [0.25, 0.3) is 0 Å². The maximum absolute atomic E-state index is 5.65. The number of hydrogen-bond donors (Lipinski definition) is 1. The molecule has 0 aliphatic rings. The van der Waals surface area contributed by atoms with Crippen LogP contribution in [-0.4, -0.2) is 27.7 Å². The highest BCUT2D eigenvalue weighted by atomic mass is 32.1. The van der Waals surface area contributed by atoms with Crippen LogP contribution in [0.5, 0.6) is 5.75 Å². The summed E-state index contributed by atoms with van der Waals surface area (Å²) in [4.78, 5) is 5.27. The van der Waals surface area contributed by atoms with Gasteiger partial charge in [0.15, 0.2) is 0 Å². The molecule has 0 saturated heterocycles. The van der Waals surface area contributed by atoms with Gasteiger partial charge >= 0.3 is 0 Å². The number of pyridine rings is 1. The Morgan fingerprint density at radius 1 is 1.28 bits per heavy atom. The van der Waals surface area contributed by atoms with E-state index in [1.165, 1.54) is 11.5 Å². The fraction of sp³-hybridized carbons (Fsp3) is 0.417. The van der Waals surface area contributed by atoms with Crippen LogP contribution in [0.3, 0.4) is 0 Å². The molecule has 0 amide bonds. The van der Waals surface area contributed by atoms with E-state index in [-0.39, 0.29) is 12.1 Å². The summed E-state index contributed by atoms with van der Waals surface area (Å²) in [7, 11) is 1.90. The lowest BCUT2D eigenvalue weighted by Gasteiger charge is -2.15. The number of aromatic nitrogens is 3. The van der Waals surface area contributed by atoms with Gasteiger partial charge in [-0.25, -0.2) is 0 Å². The summed E-state index contributed by atoms with van der Waals surface area (Å²) in [5.41, 5.74) is 1.04. The third-order valence-corrected chi connectivity index (χ3v) is 3.12. The van der Waals surface area contributed by atoms with E-state index in [0.717, 1.165) is 16.2 Å². The van der Waals surface area contributed by atoms with Crippen molar-refractivity contribution in [1.29, 1.82) is 0 Å². The summed E-state index contributed by atoms with van der Waals surface area (Å²) < 4.78 is 9.54. The van der Waals surface area contributed by atoms with E-state index in [9.17, 15) is 0 Å². The maximum atomic E-state index is 5.65. The van der Waals surface area contributed by atoms with Crippen molar-refractivity contribution in [2.45, 2.75) is 26.0 Å². The Morgan fingerprint density at radius 3 is 2.72 bits per heavy atom. The predicted octanol–water partition coefficient (Wildman–Crippen LogP) is 2.03. The Labute approximate surface area is 110 Å². The van der Waals surface area contributed by atoms with E-state index in [1.807, 2.05) is 33.2 Å². The third-order valence-electron chi connectivity index (χ3n) is 2.39. The number of nitrogens with zero attached hydrogens (tertiary/aromatic N) is 3. The highest BCUT2D eigenvalue weighted by Gasteiger charge is 2.15. The first-order chi connectivity index (χ1) is 8.70. The molecule has 0 bridgehead atoms. The number of hydrogen-bond acceptors (Lipinski definition) is 6. The van der Waals surface area contributed by atoms with Gasteiger partial charge in [-0.1, -0.05) is 4.49 Å². The maximum Gasteiger partial charge on any atom is 0.138 e. The lowest BCUT2D eigenvalue weighted by atomic mass is 10.1. The van der Waals surface area contributed by atoms with E-state index < -0.39 is 0 Å². The first-order valence-corrected chi connectivity index (χ1v) is 6.54. The van der Waals surface area contributed by atoms with E-state index >= 15 is 0 Å². The van der Waals surface area contributed by atoms with E-state index in [4.69, 9.17) is 4.74 Å². The van der Waals surface area contributed by atoms with Crippen LogP contribution < -0.4 is 10.1 Å². The molecule has 0 fully saturated rings. The molecule has 1 unspecified atom stereocenters. The zero-order chi connectivity index (χ0) is 13.0. The molecule has 0 radical (unpaired) electrons. The SMILES string of the molecule is CNC(c1cncc(OC(C)C)c1)c1cnns1. The van der Waals surface area contributed by atoms with Crippen molar-refractivity contribution in [1.82, 2.24) is 19.9 Å². The molecule has 0 aromatic carbocycles. The molecule has 2 aromatic heterocycles. The standard InChI is InChI=1S/C12H16N4OS/c1-8(2)17-10-4-9(5-14-6-10)12(13-3)11-7-15-16-18-11/h4-8,12-13H,1-3H3. The summed E-state index contributed by atoms with van der Waals surface area (Å²) in [5.74, 6) is 0.778. The Hall–Kier alpha value is -1.53. The molecule has 0 aliphatic carbocycles. The van der Waals surface area contributed by atoms with Gasteiger partial charge in [-0.05, 0) is 44.1 Å². The second-order valence-electron chi connectivity index (χ2n) is 4.16. The molecule has 1 N–H and O–H groups in total. The fourth-order valence-electron chi connectivity index (χ4n) is 1.71. The van der Waals surface area contributed by atoms with Gasteiger partial charge in [-0.15, -0.1) is 5.10 Å². The van der Waals surface area contributed by atoms with Gasteiger partial charge in [0.05, 0.1) is 29.4 Å². The summed E-state index contributed by atoms with van der Waals surface area (Å²) in [6, 6.07) is 2.04. The molecule has 6 heteroatoms. The third kappa shape index (κ3) is 3.02. The topological polar surface area (TPSA) is 59.9 Å². The number of nitrogens with one attached hydrogen (secondary N) is 1. The van der Waals surface area contributed by atoms with Crippen molar-refractivity contribution in [2.75, 3.05) is 7.05 Å². The summed E-state index contributed by atoms with van der Waals surface area (Å²) >= 11 is 1.38. The van der Waals surface area contributed by atoms with Gasteiger partial charge in [-0.3, -0.25) is 4.98 Å². The molecular formula is C12H16N4OS. The van der Waals surface area contributed by atoms with Crippen LogP contribution in [0.1, 0.15) is 30.3 Å². The van der Waals surface area contributed by atoms with Crippen LogP contribution in [0.15, 0.2) is 24.7 Å². The summed E-state index contributed by atoms with van der Waals surface area (Å²) in [6.45, 7) is 3.99. The molecule has 96 valence electrons. The lowest BCUT2D eigenvalue weighted by molar-refractivity contribution is 0.241. The van der Waals surface area contributed by atoms with Crippen LogP contribution in [0.4, 0.5) is 0 Å². The molecule has 2 heterocycles. The van der Waals surface area contributed by atoms with Crippen LogP contribution >= 0.6 is 11.5 Å². The van der Waals surface area contributed by atoms with Crippen molar-refractivity contribution in [3.05, 3.63) is 35.1 Å². The average molecular weight is 264 g/mol. The summed E-state index contributed by atoms with van der Waals surface area (Å²) in [6.07, 6.45) is 5.46. The molecule has 1 atom stereocenters. The first kappa shape index (κ1) is 12.9. The smallest absolute Gasteiger partial charge is 0.138 e. The predicted molar refractivity (Wildman–Crippen MR) is 70.8 cm³/mol. The Kier molecular flexibility index (Phi) is 4.22. The average Bonchev–Trinajstić information content (AvgIpc) is 2.83. The molecular weight excluding hydrogens is 248 g/mol. The quantitative estimate of drug-likeness (QED) is 0.895. The van der Waals surface area contributed by atoms with Gasteiger partial charge < -0.3 is 10.1 Å². The zero-order valence-corrected chi connectivity index (χ0v) is 11.4. The van der Waals surface area contributed by atoms with Crippen molar-refractivity contribution in [2.24, 2.45) is 0 Å². The van der Waals surface area contributed by atoms with Gasteiger partial charge in [0, 0.05) is 6.20 Å². The van der Waals surface area contributed by atoms with Crippen LogP contribution in [0, 0.1) is 0 Å². The molecule has 2 rings (SSSR count). The van der Waals surface area contributed by atoms with E-state index in [1.54, 1.807) is 12.4 Å². The summed E-state index contributed by atoms with van der Waals surface area (Å²) in [5, 5.41) is 7.10. The van der Waals surface area contributed by atoms with Gasteiger partial charge in [-0.2, -0.15) is 0 Å². The highest BCUT2D eigenvalue weighted by Crippen LogP contribution is 2.25. The fourth-order valence-corrected chi connectivity index (χ4v) is 2.35. The second kappa shape index (κ2) is 5.88. The van der Waals surface area contributed by atoms with E-state index in [2.05, 4.69) is 19.9 Å². The van der Waals surface area contributed by atoms with Crippen LogP contribution in [0.2, 0.25) is 0 Å². The van der Waals surface area contributed by atoms with Gasteiger partial charge in [0.1, 0.15) is 5.75 Å². The van der Waals surface area contributed by atoms with Crippen molar-refractivity contribution in [3.8, 4) is 5.75 Å². The Bertz CT molecular complexity index is 487. The molecule has 5 nitrogen and oxygen atoms in total. The Morgan fingerprint density at radius 2 is 2.11 bits per heavy atom.